The molecule has 1 fully saturated rings. The number of rotatable bonds is 7. The molecule has 0 radical (unpaired) electrons. The third-order valence-electron chi connectivity index (χ3n) is 3.89. The summed E-state index contributed by atoms with van der Waals surface area (Å²) in [5, 5.41) is 26.9. The number of benzene rings is 1. The van der Waals surface area contributed by atoms with Gasteiger partial charge in [-0.15, -0.1) is 10.2 Å². The Bertz CT molecular complexity index is 800. The minimum atomic E-state index is -0.313. The Morgan fingerprint density at radius 2 is 2.08 bits per heavy atom. The van der Waals surface area contributed by atoms with Crippen LogP contribution in [0.25, 0.3) is 11.4 Å². The van der Waals surface area contributed by atoms with E-state index in [2.05, 4.69) is 22.3 Å². The van der Waals surface area contributed by atoms with Crippen LogP contribution in [0.2, 0.25) is 0 Å². The normalized spacial score (nSPS) is 14.8. The van der Waals surface area contributed by atoms with Crippen molar-refractivity contribution < 1.29 is 4.39 Å². The van der Waals surface area contributed by atoms with Gasteiger partial charge in [0.15, 0.2) is 11.0 Å². The molecular formula is C17H16FN5S. The topological polar surface area (TPSA) is 78.3 Å². The zero-order valence-corrected chi connectivity index (χ0v) is 13.8. The van der Waals surface area contributed by atoms with E-state index in [4.69, 9.17) is 5.26 Å². The molecular weight excluding hydrogens is 325 g/mol. The van der Waals surface area contributed by atoms with E-state index in [1.807, 2.05) is 4.57 Å². The van der Waals surface area contributed by atoms with Gasteiger partial charge in [0.25, 0.3) is 0 Å². The van der Waals surface area contributed by atoms with Gasteiger partial charge in [0.2, 0.25) is 0 Å². The second-order valence-electron chi connectivity index (χ2n) is 5.72. The smallest absolute Gasteiger partial charge is 0.191 e. The van der Waals surface area contributed by atoms with Crippen LogP contribution >= 0.6 is 11.8 Å². The first-order valence-electron chi connectivity index (χ1n) is 7.83. The van der Waals surface area contributed by atoms with Crippen molar-refractivity contribution in [1.82, 2.24) is 14.8 Å². The lowest BCUT2D eigenvalue weighted by molar-refractivity contribution is 0.622. The van der Waals surface area contributed by atoms with Gasteiger partial charge in [0.05, 0.1) is 23.6 Å². The summed E-state index contributed by atoms with van der Waals surface area (Å²) in [6, 6.07) is 11.2. The molecule has 7 heteroatoms. The van der Waals surface area contributed by atoms with E-state index in [0.29, 0.717) is 41.2 Å². The number of nitrogens with zero attached hydrogens (tertiary/aromatic N) is 5. The molecule has 24 heavy (non-hydrogen) atoms. The molecule has 0 N–H and O–H groups in total. The van der Waals surface area contributed by atoms with E-state index >= 15 is 0 Å². The summed E-state index contributed by atoms with van der Waals surface area (Å²) in [5.74, 6) is 0.590. The van der Waals surface area contributed by atoms with Crippen molar-refractivity contribution >= 4 is 11.8 Å². The van der Waals surface area contributed by atoms with Gasteiger partial charge in [-0.1, -0.05) is 23.9 Å². The fraction of sp³-hybridized carbons (Fsp3) is 0.412. The van der Waals surface area contributed by atoms with Gasteiger partial charge in [-0.3, -0.25) is 4.57 Å². The van der Waals surface area contributed by atoms with Gasteiger partial charge in [0, 0.05) is 18.2 Å². The number of hydrogen-bond acceptors (Lipinski definition) is 5. The number of halogens is 1. The number of nitriles is 2. The second-order valence-corrected chi connectivity index (χ2v) is 6.71. The van der Waals surface area contributed by atoms with Crippen molar-refractivity contribution in [2.24, 2.45) is 5.92 Å². The van der Waals surface area contributed by atoms with Crippen LogP contribution in [0.5, 0.6) is 0 Å². The third-order valence-corrected chi connectivity index (χ3v) is 5.00. The van der Waals surface area contributed by atoms with E-state index in [-0.39, 0.29) is 11.7 Å². The van der Waals surface area contributed by atoms with Crippen LogP contribution in [0.4, 0.5) is 4.39 Å². The Morgan fingerprint density at radius 3 is 2.75 bits per heavy atom. The van der Waals surface area contributed by atoms with Crippen molar-refractivity contribution in [1.29, 1.82) is 10.5 Å². The monoisotopic (exact) mass is 341 g/mol. The average molecular weight is 341 g/mol. The Kier molecular flexibility index (Phi) is 5.12. The maximum absolute atomic E-state index is 14.1. The minimum Gasteiger partial charge on any atom is -0.299 e. The van der Waals surface area contributed by atoms with Gasteiger partial charge < -0.3 is 0 Å². The van der Waals surface area contributed by atoms with Crippen molar-refractivity contribution in [2.75, 3.05) is 5.75 Å². The van der Waals surface area contributed by atoms with Crippen molar-refractivity contribution in [2.45, 2.75) is 36.9 Å². The lowest BCUT2D eigenvalue weighted by Gasteiger charge is -2.10. The molecule has 0 saturated heterocycles. The maximum atomic E-state index is 14.1. The number of aromatic nitrogens is 3. The van der Waals surface area contributed by atoms with Crippen LogP contribution < -0.4 is 0 Å². The van der Waals surface area contributed by atoms with Crippen molar-refractivity contribution in [3.8, 4) is 23.5 Å². The third kappa shape index (κ3) is 3.58. The van der Waals surface area contributed by atoms with Crippen LogP contribution in [0.3, 0.4) is 0 Å². The molecule has 0 bridgehead atoms. The van der Waals surface area contributed by atoms with E-state index in [0.717, 1.165) is 12.8 Å². The molecule has 1 heterocycles. The Balaban J connectivity index is 1.82. The molecule has 1 atom stereocenters. The number of hydrogen-bond donors (Lipinski definition) is 0. The quantitative estimate of drug-likeness (QED) is 0.712. The fourth-order valence-corrected chi connectivity index (χ4v) is 3.53. The Labute approximate surface area is 144 Å². The summed E-state index contributed by atoms with van der Waals surface area (Å²) in [4.78, 5) is 0. The first kappa shape index (κ1) is 16.5. The molecule has 2 aromatic rings. The van der Waals surface area contributed by atoms with Gasteiger partial charge in [-0.2, -0.15) is 10.5 Å². The summed E-state index contributed by atoms with van der Waals surface area (Å²) >= 11 is 1.45. The van der Waals surface area contributed by atoms with Crippen LogP contribution in [0.1, 0.15) is 31.7 Å². The molecule has 0 spiro atoms. The highest BCUT2D eigenvalue weighted by Crippen LogP contribution is 2.41. The predicted octanol–water partition coefficient (Wildman–Crippen LogP) is 3.95. The van der Waals surface area contributed by atoms with Gasteiger partial charge in [0.1, 0.15) is 5.82 Å². The lowest BCUT2D eigenvalue weighted by atomic mass is 10.1. The molecule has 5 nitrogen and oxygen atoms in total. The molecule has 1 aliphatic carbocycles. The molecule has 1 aromatic carbocycles. The van der Waals surface area contributed by atoms with E-state index in [1.165, 1.54) is 17.8 Å². The summed E-state index contributed by atoms with van der Waals surface area (Å²) < 4.78 is 16.1. The molecule has 122 valence electrons. The van der Waals surface area contributed by atoms with E-state index in [9.17, 15) is 9.65 Å². The van der Waals surface area contributed by atoms with Crippen LogP contribution in [-0.2, 0) is 0 Å². The maximum Gasteiger partial charge on any atom is 0.191 e. The molecule has 0 amide bonds. The molecule has 0 unspecified atom stereocenters. The average Bonchev–Trinajstić information content (AvgIpc) is 3.35. The summed E-state index contributed by atoms with van der Waals surface area (Å²) in [6.45, 7) is 0. The van der Waals surface area contributed by atoms with Gasteiger partial charge in [-0.25, -0.2) is 4.39 Å². The molecule has 1 aromatic heterocycles. The highest BCUT2D eigenvalue weighted by Gasteiger charge is 2.31. The Hall–Kier alpha value is -2.38. The standard InChI is InChI=1S/C17H16FN5S/c18-15-6-2-1-5-14(15)16-21-22-17(23(16)13-7-8-13)24-11-12(10-20)4-3-9-19/h1-2,5-6,12-13H,3-4,7-8,11H2/t12-/m0/s1. The SMILES string of the molecule is N#CCC[C@@H](C#N)CSc1nnc(-c2ccccc2F)n1C1CC1. The van der Waals surface area contributed by atoms with Gasteiger partial charge >= 0.3 is 0 Å². The largest absolute Gasteiger partial charge is 0.299 e. The molecule has 3 rings (SSSR count). The molecule has 1 saturated carbocycles. The highest BCUT2D eigenvalue weighted by atomic mass is 32.2. The number of thioether (sulfide) groups is 1. The van der Waals surface area contributed by atoms with E-state index < -0.39 is 0 Å². The Morgan fingerprint density at radius 1 is 1.29 bits per heavy atom. The summed E-state index contributed by atoms with van der Waals surface area (Å²) in [5.41, 5.74) is 0.449. The second kappa shape index (κ2) is 7.46. The summed E-state index contributed by atoms with van der Waals surface area (Å²) in [6.07, 6.45) is 2.98. The van der Waals surface area contributed by atoms with Gasteiger partial charge in [-0.05, 0) is 31.4 Å². The van der Waals surface area contributed by atoms with Crippen molar-refractivity contribution in [3.63, 3.8) is 0 Å². The lowest BCUT2D eigenvalue weighted by Crippen LogP contribution is -2.04. The van der Waals surface area contributed by atoms with E-state index in [1.54, 1.807) is 18.2 Å². The zero-order chi connectivity index (χ0) is 16.9. The van der Waals surface area contributed by atoms with Crippen LogP contribution in [0.15, 0.2) is 29.4 Å². The molecule has 0 aliphatic heterocycles. The molecule has 1 aliphatic rings. The highest BCUT2D eigenvalue weighted by molar-refractivity contribution is 7.99. The van der Waals surface area contributed by atoms with Crippen LogP contribution in [0, 0.1) is 34.4 Å². The fourth-order valence-electron chi connectivity index (χ4n) is 2.46. The predicted molar refractivity (Wildman–Crippen MR) is 88.4 cm³/mol. The first-order valence-corrected chi connectivity index (χ1v) is 8.82. The van der Waals surface area contributed by atoms with Crippen molar-refractivity contribution in [3.05, 3.63) is 30.1 Å². The van der Waals surface area contributed by atoms with Crippen LogP contribution in [-0.4, -0.2) is 20.5 Å². The first-order chi connectivity index (χ1) is 11.7. The summed E-state index contributed by atoms with van der Waals surface area (Å²) in [7, 11) is 0. The minimum absolute atomic E-state index is 0.198. The zero-order valence-electron chi connectivity index (χ0n) is 13.0.